The number of aryl methyl sites for hydroxylation is 1. The summed E-state index contributed by atoms with van der Waals surface area (Å²) in [5.74, 6) is 2.45. The molecule has 0 amide bonds. The molecule has 7 rings (SSSR count). The number of carboxylic acids is 1. The average molecular weight is 1000 g/mol. The number of carboxylic acid groups (broad SMARTS) is 1. The van der Waals surface area contributed by atoms with Crippen LogP contribution in [-0.2, 0) is 28.5 Å². The monoisotopic (exact) mass is 1000 g/mol. The van der Waals surface area contributed by atoms with Gasteiger partial charge in [-0.25, -0.2) is 9.37 Å². The standard InChI is InChI=1S/C15H17F3O2.C15H17F3O.C11H22FN.C11H18N2O.C2H6.CH4O/c16-15(17,18)13-6-4-11(5-7-13)12-3-1-2-10(8-12)9-14(19)20;16-15(17,18)14-6-4-12(5-7-14)13-3-1-2-11(10-13)8-9-19;1-10(2)8-13-9-11(12)6-4-3-5-7-11;1-9-13-11(8-14-9)7-12-6-10-4-2-3-5-10;2*1-2/h4-7,10,12H,1-3,8-9H2,(H,19,20);4-7,9,11,13H,1-3,8,10H2;10,13H,3-9H2,1-2H3;8,10,12H,2-7H2,1H3;1-2H3;2H,1H3. The third-order valence-corrected chi connectivity index (χ3v) is 13.5. The fourth-order valence-electron chi connectivity index (χ4n) is 9.91. The van der Waals surface area contributed by atoms with E-state index in [-0.39, 0.29) is 18.3 Å². The Balaban J connectivity index is 0.000000317. The Hall–Kier alpha value is -3.82. The molecule has 4 saturated carbocycles. The first-order chi connectivity index (χ1) is 33.3. The van der Waals surface area contributed by atoms with Gasteiger partial charge >= 0.3 is 18.3 Å². The van der Waals surface area contributed by atoms with Crippen molar-refractivity contribution in [3.8, 4) is 0 Å². The van der Waals surface area contributed by atoms with E-state index in [1.807, 2.05) is 20.8 Å². The van der Waals surface area contributed by atoms with Crippen molar-refractivity contribution in [1.82, 2.24) is 15.6 Å². The largest absolute Gasteiger partial charge is 0.481 e. The minimum Gasteiger partial charge on any atom is -0.481 e. The molecule has 4 fully saturated rings. The number of benzene rings is 2. The topological polar surface area (TPSA) is 125 Å². The van der Waals surface area contributed by atoms with E-state index in [4.69, 9.17) is 14.6 Å². The zero-order valence-corrected chi connectivity index (χ0v) is 42.7. The van der Waals surface area contributed by atoms with E-state index in [2.05, 4.69) is 29.5 Å². The Kier molecular flexibility index (Phi) is 29.4. The molecule has 1 aromatic heterocycles. The number of aliphatic hydroxyl groups is 1. The normalized spacial score (nSPS) is 21.1. The molecule has 398 valence electrons. The Morgan fingerprint density at radius 1 is 0.743 bits per heavy atom. The van der Waals surface area contributed by atoms with Gasteiger partial charge in [-0.15, -0.1) is 0 Å². The number of oxazole rings is 1. The van der Waals surface area contributed by atoms with Gasteiger partial charge in [0.25, 0.3) is 0 Å². The van der Waals surface area contributed by atoms with E-state index < -0.39 is 35.1 Å². The van der Waals surface area contributed by atoms with Crippen LogP contribution in [0.25, 0.3) is 0 Å². The van der Waals surface area contributed by atoms with Gasteiger partial charge in [0.1, 0.15) is 18.2 Å². The summed E-state index contributed by atoms with van der Waals surface area (Å²) in [5.41, 5.74) is 0.723. The molecular weight excluding hydrogens is 916 g/mol. The maximum Gasteiger partial charge on any atom is 0.416 e. The van der Waals surface area contributed by atoms with Crippen molar-refractivity contribution in [3.63, 3.8) is 0 Å². The van der Waals surface area contributed by atoms with Crippen LogP contribution < -0.4 is 10.6 Å². The maximum absolute atomic E-state index is 14.0. The van der Waals surface area contributed by atoms with Gasteiger partial charge in [-0.2, -0.15) is 26.3 Å². The van der Waals surface area contributed by atoms with Gasteiger partial charge in [-0.3, -0.25) is 4.79 Å². The first-order valence-corrected chi connectivity index (χ1v) is 25.8. The number of nitrogens with one attached hydrogen (secondary N) is 2. The molecule has 0 spiro atoms. The predicted octanol–water partition coefficient (Wildman–Crippen LogP) is 14.8. The summed E-state index contributed by atoms with van der Waals surface area (Å²) in [6, 6.07) is 10.7. The van der Waals surface area contributed by atoms with E-state index in [1.54, 1.807) is 18.4 Å². The van der Waals surface area contributed by atoms with Crippen LogP contribution in [0.15, 0.2) is 59.2 Å². The first kappa shape index (κ1) is 62.3. The lowest BCUT2D eigenvalue weighted by atomic mass is 9.77. The Labute approximate surface area is 413 Å². The molecule has 2 aromatic carbocycles. The summed E-state index contributed by atoms with van der Waals surface area (Å²) >= 11 is 0. The van der Waals surface area contributed by atoms with Gasteiger partial charge in [-0.1, -0.05) is 96.9 Å². The third kappa shape index (κ3) is 24.5. The number of carbonyl (C=O) groups is 2. The summed E-state index contributed by atoms with van der Waals surface area (Å²) in [7, 11) is 1.00. The quantitative estimate of drug-likeness (QED) is 0.0930. The van der Waals surface area contributed by atoms with Crippen LogP contribution in [0.4, 0.5) is 30.7 Å². The summed E-state index contributed by atoms with van der Waals surface area (Å²) in [6.07, 6.45) is 12.8. The van der Waals surface area contributed by atoms with E-state index in [1.165, 1.54) is 44.2 Å². The predicted molar refractivity (Wildman–Crippen MR) is 264 cm³/mol. The van der Waals surface area contributed by atoms with Gasteiger partial charge in [0.05, 0.1) is 16.8 Å². The summed E-state index contributed by atoms with van der Waals surface area (Å²) in [5, 5.41) is 22.5. The molecule has 70 heavy (non-hydrogen) atoms. The van der Waals surface area contributed by atoms with Crippen LogP contribution in [0.1, 0.15) is 195 Å². The zero-order chi connectivity index (χ0) is 52.2. The number of aliphatic carboxylic acids is 1. The van der Waals surface area contributed by atoms with Crippen LogP contribution in [0, 0.1) is 30.6 Å². The second-order valence-corrected chi connectivity index (χ2v) is 19.6. The third-order valence-electron chi connectivity index (χ3n) is 13.5. The summed E-state index contributed by atoms with van der Waals surface area (Å²) in [6.45, 7) is 13.6. The number of rotatable bonds is 14. The maximum atomic E-state index is 14.0. The fraction of sp³-hybridized carbons (Fsp3) is 0.691. The van der Waals surface area contributed by atoms with Crippen molar-refractivity contribution in [2.45, 2.75) is 193 Å². The molecule has 15 heteroatoms. The van der Waals surface area contributed by atoms with Gasteiger partial charge < -0.3 is 30.1 Å². The van der Waals surface area contributed by atoms with Gasteiger partial charge in [0.2, 0.25) is 0 Å². The van der Waals surface area contributed by atoms with Crippen LogP contribution in [0.3, 0.4) is 0 Å². The number of nitrogens with zero attached hydrogens (tertiary/aromatic N) is 1. The molecule has 0 radical (unpaired) electrons. The second kappa shape index (κ2) is 33.0. The van der Waals surface area contributed by atoms with Crippen molar-refractivity contribution < 1.29 is 55.0 Å². The second-order valence-electron chi connectivity index (χ2n) is 19.6. The highest BCUT2D eigenvalue weighted by Crippen LogP contribution is 2.40. The van der Waals surface area contributed by atoms with Crippen molar-refractivity contribution in [2.75, 3.05) is 26.7 Å². The highest BCUT2D eigenvalue weighted by molar-refractivity contribution is 5.67. The Morgan fingerprint density at radius 2 is 1.23 bits per heavy atom. The van der Waals surface area contributed by atoms with E-state index in [0.717, 1.165) is 163 Å². The average Bonchev–Trinajstić information content (AvgIpc) is 4.02. The number of aliphatic hydroxyl groups excluding tert-OH is 1. The van der Waals surface area contributed by atoms with Crippen LogP contribution in [0.2, 0.25) is 0 Å². The minimum atomic E-state index is -4.31. The molecule has 0 saturated heterocycles. The summed E-state index contributed by atoms with van der Waals surface area (Å²) in [4.78, 5) is 25.5. The molecule has 8 nitrogen and oxygen atoms in total. The minimum absolute atomic E-state index is 0.133. The molecule has 4 aliphatic carbocycles. The van der Waals surface area contributed by atoms with Crippen molar-refractivity contribution >= 4 is 12.3 Å². The molecule has 3 aromatic rings. The van der Waals surface area contributed by atoms with Crippen LogP contribution in [0.5, 0.6) is 0 Å². The highest BCUT2D eigenvalue weighted by Gasteiger charge is 2.33. The van der Waals surface area contributed by atoms with Gasteiger partial charge in [0.15, 0.2) is 5.89 Å². The molecule has 4 N–H and O–H groups in total. The van der Waals surface area contributed by atoms with Gasteiger partial charge in [0, 0.05) is 40.0 Å². The lowest BCUT2D eigenvalue weighted by molar-refractivity contribution is -0.139. The SMILES string of the molecule is CC.CC(C)CNCC1(F)CCCCC1.CO.Cc1nc(CNCC2CCCC2)co1.O=C(O)CC1CCCC(c2ccc(C(F)(F)F)cc2)C1.O=CCC1CCCC(c2ccc(C(F)(F)F)cc2)C1. The molecule has 4 unspecified atom stereocenters. The number of halogens is 7. The number of carbonyl (C=O) groups excluding carboxylic acids is 1. The van der Waals surface area contributed by atoms with Crippen molar-refractivity contribution in [3.05, 3.63) is 88.6 Å². The smallest absolute Gasteiger partial charge is 0.416 e. The van der Waals surface area contributed by atoms with Gasteiger partial charge in [-0.05, 0) is 148 Å². The van der Waals surface area contributed by atoms with Crippen molar-refractivity contribution in [1.29, 1.82) is 0 Å². The lowest BCUT2D eigenvalue weighted by Gasteiger charge is -2.29. The first-order valence-electron chi connectivity index (χ1n) is 25.8. The van der Waals surface area contributed by atoms with E-state index in [9.17, 15) is 40.3 Å². The Bertz CT molecular complexity index is 1820. The van der Waals surface area contributed by atoms with E-state index >= 15 is 0 Å². The number of aromatic nitrogens is 1. The fourth-order valence-corrected chi connectivity index (χ4v) is 9.91. The molecule has 4 aliphatic rings. The molecular formula is C55H84F7N3O5. The number of hydrogen-bond donors (Lipinski definition) is 4. The molecule has 4 atom stereocenters. The molecule has 0 bridgehead atoms. The number of alkyl halides is 7. The summed E-state index contributed by atoms with van der Waals surface area (Å²) < 4.78 is 94.1. The Morgan fingerprint density at radius 3 is 1.67 bits per heavy atom. The molecule has 1 heterocycles. The number of aldehydes is 1. The lowest BCUT2D eigenvalue weighted by Crippen LogP contribution is -2.39. The molecule has 0 aliphatic heterocycles. The number of hydrogen-bond acceptors (Lipinski definition) is 7. The van der Waals surface area contributed by atoms with Crippen molar-refractivity contribution in [2.24, 2.45) is 23.7 Å². The van der Waals surface area contributed by atoms with Crippen LogP contribution in [-0.4, -0.2) is 59.9 Å². The zero-order valence-electron chi connectivity index (χ0n) is 42.7. The van der Waals surface area contributed by atoms with E-state index in [0.29, 0.717) is 30.7 Å². The van der Waals surface area contributed by atoms with Crippen LogP contribution >= 0.6 is 0 Å². The highest BCUT2D eigenvalue weighted by atomic mass is 19.4.